The van der Waals surface area contributed by atoms with Crippen molar-refractivity contribution in [3.8, 4) is 5.82 Å². The Bertz CT molecular complexity index is 562. The number of aromatic nitrogens is 4. The van der Waals surface area contributed by atoms with Crippen LogP contribution in [-0.4, -0.2) is 25.7 Å². The average molecular weight is 233 g/mol. The molecule has 8 nitrogen and oxygen atoms in total. The first-order valence-electron chi connectivity index (χ1n) is 4.77. The molecule has 2 aromatic rings. The topological polar surface area (TPSA) is 125 Å². The molecular formula is C9H11N7O. The minimum atomic E-state index is -0.542. The van der Waals surface area contributed by atoms with E-state index < -0.39 is 5.91 Å². The number of anilines is 1. The van der Waals surface area contributed by atoms with Crippen molar-refractivity contribution in [2.45, 2.75) is 6.92 Å². The minimum absolute atomic E-state index is 0.265. The van der Waals surface area contributed by atoms with Crippen molar-refractivity contribution < 1.29 is 4.79 Å². The van der Waals surface area contributed by atoms with Crippen LogP contribution < -0.4 is 17.0 Å². The third-order valence-electron chi connectivity index (χ3n) is 2.16. The lowest BCUT2D eigenvalue weighted by Crippen LogP contribution is -2.13. The van der Waals surface area contributed by atoms with Gasteiger partial charge >= 0.3 is 0 Å². The van der Waals surface area contributed by atoms with E-state index in [1.165, 1.54) is 17.1 Å². The van der Waals surface area contributed by atoms with Crippen LogP contribution in [0.25, 0.3) is 5.82 Å². The third-order valence-corrected chi connectivity index (χ3v) is 2.16. The minimum Gasteiger partial charge on any atom is -0.366 e. The van der Waals surface area contributed by atoms with Crippen molar-refractivity contribution in [3.05, 3.63) is 29.7 Å². The maximum Gasteiger partial charge on any atom is 0.251 e. The molecule has 2 heterocycles. The van der Waals surface area contributed by atoms with E-state index in [4.69, 9.17) is 11.6 Å². The van der Waals surface area contributed by atoms with E-state index in [1.54, 1.807) is 6.20 Å². The van der Waals surface area contributed by atoms with E-state index in [-0.39, 0.29) is 5.95 Å². The highest BCUT2D eigenvalue weighted by atomic mass is 16.1. The quantitative estimate of drug-likeness (QED) is 0.478. The molecule has 2 rings (SSSR count). The highest BCUT2D eigenvalue weighted by Gasteiger charge is 2.09. The monoisotopic (exact) mass is 233 g/mol. The number of nitrogens with two attached hydrogens (primary N) is 2. The molecule has 0 fully saturated rings. The third kappa shape index (κ3) is 2.06. The molecule has 17 heavy (non-hydrogen) atoms. The summed E-state index contributed by atoms with van der Waals surface area (Å²) in [4.78, 5) is 19.0. The van der Waals surface area contributed by atoms with Crippen LogP contribution in [0, 0.1) is 6.92 Å². The Labute approximate surface area is 96.6 Å². The molecular weight excluding hydrogens is 222 g/mol. The summed E-state index contributed by atoms with van der Waals surface area (Å²) >= 11 is 0. The van der Waals surface area contributed by atoms with Crippen LogP contribution in [-0.2, 0) is 0 Å². The van der Waals surface area contributed by atoms with Gasteiger partial charge in [-0.1, -0.05) is 0 Å². The summed E-state index contributed by atoms with van der Waals surface area (Å²) in [6.07, 6.45) is 4.47. The average Bonchev–Trinajstić information content (AvgIpc) is 2.79. The molecule has 88 valence electrons. The summed E-state index contributed by atoms with van der Waals surface area (Å²) in [6.45, 7) is 1.82. The van der Waals surface area contributed by atoms with Gasteiger partial charge in [-0.15, -0.1) is 0 Å². The number of primary amides is 1. The summed E-state index contributed by atoms with van der Waals surface area (Å²) in [6, 6.07) is 0. The van der Waals surface area contributed by atoms with Gasteiger partial charge in [-0.25, -0.2) is 15.5 Å². The zero-order chi connectivity index (χ0) is 12.4. The second-order valence-electron chi connectivity index (χ2n) is 3.38. The lowest BCUT2D eigenvalue weighted by molar-refractivity contribution is 0.100. The van der Waals surface area contributed by atoms with Gasteiger partial charge in [-0.3, -0.25) is 10.2 Å². The molecule has 0 saturated carbocycles. The van der Waals surface area contributed by atoms with Crippen molar-refractivity contribution >= 4 is 11.9 Å². The van der Waals surface area contributed by atoms with E-state index in [0.29, 0.717) is 11.4 Å². The van der Waals surface area contributed by atoms with Crippen LogP contribution in [0.2, 0.25) is 0 Å². The molecule has 0 aliphatic heterocycles. The zero-order valence-corrected chi connectivity index (χ0v) is 9.08. The Balaban J connectivity index is 2.47. The van der Waals surface area contributed by atoms with Gasteiger partial charge in [0.2, 0.25) is 5.95 Å². The van der Waals surface area contributed by atoms with Crippen LogP contribution in [0.15, 0.2) is 18.6 Å². The molecule has 5 N–H and O–H groups in total. The largest absolute Gasteiger partial charge is 0.366 e. The van der Waals surface area contributed by atoms with Gasteiger partial charge in [-0.05, 0) is 6.92 Å². The Hall–Kier alpha value is -2.48. The summed E-state index contributed by atoms with van der Waals surface area (Å²) < 4.78 is 1.44. The van der Waals surface area contributed by atoms with E-state index in [9.17, 15) is 4.79 Å². The molecule has 0 radical (unpaired) electrons. The predicted molar refractivity (Wildman–Crippen MR) is 60.2 cm³/mol. The SMILES string of the molecule is Cc1cnc(NN)nc1-n1cc(C(N)=O)cn1. The van der Waals surface area contributed by atoms with Gasteiger partial charge < -0.3 is 5.73 Å². The van der Waals surface area contributed by atoms with Crippen LogP contribution in [0.5, 0.6) is 0 Å². The second kappa shape index (κ2) is 4.18. The van der Waals surface area contributed by atoms with E-state index >= 15 is 0 Å². The molecule has 0 atom stereocenters. The highest BCUT2D eigenvalue weighted by Crippen LogP contribution is 2.11. The van der Waals surface area contributed by atoms with Crippen molar-refractivity contribution in [3.63, 3.8) is 0 Å². The van der Waals surface area contributed by atoms with Crippen molar-refractivity contribution in [2.75, 3.05) is 5.43 Å². The predicted octanol–water partition coefficient (Wildman–Crippen LogP) is -0.645. The summed E-state index contributed by atoms with van der Waals surface area (Å²) in [5.74, 6) is 5.47. The number of amides is 1. The Kier molecular flexibility index (Phi) is 2.71. The number of hydrogen-bond acceptors (Lipinski definition) is 6. The van der Waals surface area contributed by atoms with Gasteiger partial charge in [0.25, 0.3) is 5.91 Å². The normalized spacial score (nSPS) is 10.2. The number of carbonyl (C=O) groups excluding carboxylic acids is 1. The molecule has 1 amide bonds. The molecule has 0 aliphatic carbocycles. The first-order valence-corrected chi connectivity index (χ1v) is 4.77. The summed E-state index contributed by atoms with van der Waals surface area (Å²) in [5, 5.41) is 4.00. The number of rotatable bonds is 3. The van der Waals surface area contributed by atoms with Gasteiger partial charge in [0, 0.05) is 18.0 Å². The molecule has 0 aliphatic rings. The smallest absolute Gasteiger partial charge is 0.251 e. The maximum atomic E-state index is 11.0. The number of carbonyl (C=O) groups is 1. The first kappa shape index (κ1) is 11.0. The zero-order valence-electron chi connectivity index (χ0n) is 9.08. The lowest BCUT2D eigenvalue weighted by Gasteiger charge is -2.05. The van der Waals surface area contributed by atoms with Crippen LogP contribution in [0.3, 0.4) is 0 Å². The molecule has 0 unspecified atom stereocenters. The molecule has 2 aromatic heterocycles. The number of hydrogen-bond donors (Lipinski definition) is 3. The molecule has 8 heteroatoms. The molecule has 0 spiro atoms. The maximum absolute atomic E-state index is 11.0. The van der Waals surface area contributed by atoms with Crippen LogP contribution in [0.4, 0.5) is 5.95 Å². The fraction of sp³-hybridized carbons (Fsp3) is 0.111. The van der Waals surface area contributed by atoms with Gasteiger partial charge in [0.15, 0.2) is 5.82 Å². The highest BCUT2D eigenvalue weighted by molar-refractivity contribution is 5.92. The summed E-state index contributed by atoms with van der Waals surface area (Å²) in [7, 11) is 0. The van der Waals surface area contributed by atoms with Gasteiger partial charge in [0.05, 0.1) is 11.8 Å². The summed E-state index contributed by atoms with van der Waals surface area (Å²) in [5.41, 5.74) is 8.59. The molecule has 0 saturated heterocycles. The van der Waals surface area contributed by atoms with Crippen LogP contribution >= 0.6 is 0 Å². The fourth-order valence-electron chi connectivity index (χ4n) is 1.30. The van der Waals surface area contributed by atoms with Crippen molar-refractivity contribution in [2.24, 2.45) is 11.6 Å². The standard InChI is InChI=1S/C9H11N7O/c1-5-2-12-9(15-11)14-8(5)16-4-6(3-13-16)7(10)17/h2-4H,11H2,1H3,(H2,10,17)(H,12,14,15). The Morgan fingerprint density at radius 2 is 2.24 bits per heavy atom. The number of nitrogen functional groups attached to an aromatic ring is 1. The fourth-order valence-corrected chi connectivity index (χ4v) is 1.30. The number of aryl methyl sites for hydroxylation is 1. The van der Waals surface area contributed by atoms with Crippen LogP contribution in [0.1, 0.15) is 15.9 Å². The molecule has 0 aromatic carbocycles. The number of hydrazine groups is 1. The Morgan fingerprint density at radius 1 is 1.47 bits per heavy atom. The Morgan fingerprint density at radius 3 is 2.82 bits per heavy atom. The van der Waals surface area contributed by atoms with E-state index in [0.717, 1.165) is 5.56 Å². The van der Waals surface area contributed by atoms with E-state index in [1.807, 2.05) is 6.92 Å². The second-order valence-corrected chi connectivity index (χ2v) is 3.38. The number of nitrogens with zero attached hydrogens (tertiary/aromatic N) is 4. The first-order chi connectivity index (χ1) is 8.11. The van der Waals surface area contributed by atoms with Gasteiger partial charge in [-0.2, -0.15) is 10.1 Å². The lowest BCUT2D eigenvalue weighted by atomic mass is 10.3. The molecule has 0 bridgehead atoms. The van der Waals surface area contributed by atoms with Crippen molar-refractivity contribution in [1.82, 2.24) is 19.7 Å². The van der Waals surface area contributed by atoms with Crippen molar-refractivity contribution in [1.29, 1.82) is 0 Å². The van der Waals surface area contributed by atoms with E-state index in [2.05, 4.69) is 20.5 Å². The number of nitrogens with one attached hydrogen (secondary N) is 1. The van der Waals surface area contributed by atoms with Gasteiger partial charge in [0.1, 0.15) is 0 Å².